The molecule has 3 aromatic rings. The van der Waals surface area contributed by atoms with E-state index in [1.165, 1.54) is 16.9 Å². The monoisotopic (exact) mass is 414 g/mol. The summed E-state index contributed by atoms with van der Waals surface area (Å²) in [6.45, 7) is 8.27. The molecule has 0 bridgehead atoms. The van der Waals surface area contributed by atoms with Crippen LogP contribution in [-0.4, -0.2) is 17.5 Å². The minimum absolute atomic E-state index is 0.0639. The van der Waals surface area contributed by atoms with Crippen molar-refractivity contribution >= 4 is 34.0 Å². The molecule has 4 nitrogen and oxygen atoms in total. The van der Waals surface area contributed by atoms with E-state index in [2.05, 4.69) is 37.1 Å². The topological polar surface area (TPSA) is 51.2 Å². The number of benzene rings is 2. The molecule has 146 valence electrons. The van der Waals surface area contributed by atoms with Crippen LogP contribution < -0.4 is 10.1 Å². The third-order valence-electron chi connectivity index (χ3n) is 4.37. The van der Waals surface area contributed by atoms with Crippen molar-refractivity contribution in [1.29, 1.82) is 0 Å². The number of anilines is 1. The summed E-state index contributed by atoms with van der Waals surface area (Å²) in [5.74, 6) is 0.906. The van der Waals surface area contributed by atoms with E-state index in [9.17, 15) is 4.79 Å². The Bertz CT molecular complexity index is 998. The van der Waals surface area contributed by atoms with Gasteiger partial charge in [-0.2, -0.15) is 0 Å². The molecule has 1 aromatic heterocycles. The Balaban J connectivity index is 1.63. The highest BCUT2D eigenvalue weighted by atomic mass is 35.5. The predicted molar refractivity (Wildman–Crippen MR) is 117 cm³/mol. The molecule has 0 saturated carbocycles. The first-order valence-electron chi connectivity index (χ1n) is 9.10. The Hall–Kier alpha value is -2.37. The zero-order valence-electron chi connectivity index (χ0n) is 16.4. The molecule has 0 aliphatic carbocycles. The minimum atomic E-state index is -0.239. The number of aryl methyl sites for hydroxylation is 2. The number of aromatic nitrogens is 1. The number of thiazole rings is 1. The summed E-state index contributed by atoms with van der Waals surface area (Å²) in [6, 6.07) is 13.4. The maximum absolute atomic E-state index is 12.3. The number of carbonyl (C=O) groups excluding carboxylic acids is 1. The number of ether oxygens (including phenoxy) is 1. The quantitative estimate of drug-likeness (QED) is 0.520. The van der Waals surface area contributed by atoms with E-state index in [0.717, 1.165) is 21.7 Å². The Morgan fingerprint density at radius 3 is 2.68 bits per heavy atom. The SMILES string of the molecule is Cc1cc(OCC(=O)Nc2nc(-c3cccc(Cl)c3)c(C)s2)ccc1C(C)C. The highest BCUT2D eigenvalue weighted by Crippen LogP contribution is 2.31. The summed E-state index contributed by atoms with van der Waals surface area (Å²) in [4.78, 5) is 17.8. The number of halogens is 1. The zero-order chi connectivity index (χ0) is 20.3. The van der Waals surface area contributed by atoms with E-state index < -0.39 is 0 Å². The van der Waals surface area contributed by atoms with Crippen molar-refractivity contribution in [1.82, 2.24) is 4.98 Å². The molecule has 0 atom stereocenters. The van der Waals surface area contributed by atoms with Gasteiger partial charge in [0, 0.05) is 15.5 Å². The van der Waals surface area contributed by atoms with Gasteiger partial charge < -0.3 is 4.74 Å². The molecule has 2 aromatic carbocycles. The van der Waals surface area contributed by atoms with Crippen molar-refractivity contribution in [2.75, 3.05) is 11.9 Å². The van der Waals surface area contributed by atoms with E-state index in [1.807, 2.05) is 43.3 Å². The van der Waals surface area contributed by atoms with Crippen LogP contribution in [0.1, 0.15) is 35.8 Å². The number of hydrogen-bond donors (Lipinski definition) is 1. The molecule has 0 saturated heterocycles. The fraction of sp³-hybridized carbons (Fsp3) is 0.273. The standard InChI is InChI=1S/C22H23ClN2O2S/c1-13(2)19-9-8-18(10-14(19)3)27-12-20(26)24-22-25-21(15(4)28-22)16-6-5-7-17(23)11-16/h5-11,13H,12H2,1-4H3,(H,24,25,26). The molecular formula is C22H23ClN2O2S. The van der Waals surface area contributed by atoms with Gasteiger partial charge in [0.2, 0.25) is 0 Å². The lowest BCUT2D eigenvalue weighted by Gasteiger charge is -2.12. The van der Waals surface area contributed by atoms with Crippen LogP contribution in [-0.2, 0) is 4.79 Å². The largest absolute Gasteiger partial charge is 0.484 e. The second-order valence-electron chi connectivity index (χ2n) is 6.94. The summed E-state index contributed by atoms with van der Waals surface area (Å²) < 4.78 is 5.64. The molecule has 3 rings (SSSR count). The molecule has 0 radical (unpaired) electrons. The van der Waals surface area contributed by atoms with Crippen molar-refractivity contribution in [2.24, 2.45) is 0 Å². The summed E-state index contributed by atoms with van der Waals surface area (Å²) in [5.41, 5.74) is 4.19. The average molecular weight is 415 g/mol. The Morgan fingerprint density at radius 2 is 2.00 bits per heavy atom. The van der Waals surface area contributed by atoms with E-state index in [1.54, 1.807) is 0 Å². The number of nitrogens with zero attached hydrogens (tertiary/aromatic N) is 1. The Morgan fingerprint density at radius 1 is 1.21 bits per heavy atom. The molecule has 28 heavy (non-hydrogen) atoms. The smallest absolute Gasteiger partial charge is 0.264 e. The van der Waals surface area contributed by atoms with Crippen LogP contribution in [0.5, 0.6) is 5.75 Å². The number of nitrogens with one attached hydrogen (secondary N) is 1. The van der Waals surface area contributed by atoms with Gasteiger partial charge >= 0.3 is 0 Å². The van der Waals surface area contributed by atoms with Crippen LogP contribution in [0.4, 0.5) is 5.13 Å². The number of carbonyl (C=O) groups is 1. The van der Waals surface area contributed by atoms with Crippen LogP contribution >= 0.6 is 22.9 Å². The van der Waals surface area contributed by atoms with Crippen molar-refractivity contribution in [3.8, 4) is 17.0 Å². The minimum Gasteiger partial charge on any atom is -0.484 e. The van der Waals surface area contributed by atoms with E-state index >= 15 is 0 Å². The first-order chi connectivity index (χ1) is 13.3. The third-order valence-corrected chi connectivity index (χ3v) is 5.50. The van der Waals surface area contributed by atoms with Crippen LogP contribution in [0.25, 0.3) is 11.3 Å². The summed E-state index contributed by atoms with van der Waals surface area (Å²) in [7, 11) is 0. The average Bonchev–Trinajstić information content (AvgIpc) is 3.00. The lowest BCUT2D eigenvalue weighted by Crippen LogP contribution is -2.20. The highest BCUT2D eigenvalue weighted by Gasteiger charge is 2.13. The van der Waals surface area contributed by atoms with Gasteiger partial charge in [0.1, 0.15) is 5.75 Å². The van der Waals surface area contributed by atoms with Crippen LogP contribution in [0.3, 0.4) is 0 Å². The lowest BCUT2D eigenvalue weighted by atomic mass is 9.98. The predicted octanol–water partition coefficient (Wildman–Crippen LogP) is 6.22. The van der Waals surface area contributed by atoms with Gasteiger partial charge in [0.05, 0.1) is 5.69 Å². The second kappa shape index (κ2) is 8.76. The fourth-order valence-electron chi connectivity index (χ4n) is 3.04. The maximum Gasteiger partial charge on any atom is 0.264 e. The molecule has 0 spiro atoms. The second-order valence-corrected chi connectivity index (χ2v) is 8.58. The third kappa shape index (κ3) is 4.91. The molecule has 6 heteroatoms. The maximum atomic E-state index is 12.3. The molecule has 0 aliphatic heterocycles. The first-order valence-corrected chi connectivity index (χ1v) is 10.3. The number of rotatable bonds is 6. The van der Waals surface area contributed by atoms with Gasteiger partial charge in [0.15, 0.2) is 11.7 Å². The molecular weight excluding hydrogens is 392 g/mol. The van der Waals surface area contributed by atoms with E-state index in [0.29, 0.717) is 21.8 Å². The summed E-state index contributed by atoms with van der Waals surface area (Å²) in [6.07, 6.45) is 0. The van der Waals surface area contributed by atoms with Crippen LogP contribution in [0.15, 0.2) is 42.5 Å². The van der Waals surface area contributed by atoms with Gasteiger partial charge in [-0.25, -0.2) is 4.98 Å². The molecule has 1 heterocycles. The lowest BCUT2D eigenvalue weighted by molar-refractivity contribution is -0.118. The van der Waals surface area contributed by atoms with E-state index in [4.69, 9.17) is 16.3 Å². The first kappa shape index (κ1) is 20.4. The number of hydrogen-bond acceptors (Lipinski definition) is 4. The Labute approximate surface area is 174 Å². The van der Waals surface area contributed by atoms with Gasteiger partial charge in [0.25, 0.3) is 5.91 Å². The van der Waals surface area contributed by atoms with Crippen LogP contribution in [0.2, 0.25) is 5.02 Å². The molecule has 1 amide bonds. The molecule has 0 fully saturated rings. The summed E-state index contributed by atoms with van der Waals surface area (Å²) >= 11 is 7.50. The summed E-state index contributed by atoms with van der Waals surface area (Å²) in [5, 5.41) is 4.02. The van der Waals surface area contributed by atoms with Crippen molar-refractivity contribution in [3.05, 3.63) is 63.5 Å². The van der Waals surface area contributed by atoms with Crippen molar-refractivity contribution in [3.63, 3.8) is 0 Å². The van der Waals surface area contributed by atoms with E-state index in [-0.39, 0.29) is 12.5 Å². The molecule has 0 aliphatic rings. The zero-order valence-corrected chi connectivity index (χ0v) is 17.9. The van der Waals surface area contributed by atoms with Crippen molar-refractivity contribution in [2.45, 2.75) is 33.6 Å². The normalized spacial score (nSPS) is 10.9. The van der Waals surface area contributed by atoms with Gasteiger partial charge in [-0.05, 0) is 55.2 Å². The number of amides is 1. The highest BCUT2D eigenvalue weighted by molar-refractivity contribution is 7.16. The van der Waals surface area contributed by atoms with Crippen molar-refractivity contribution < 1.29 is 9.53 Å². The van der Waals surface area contributed by atoms with Gasteiger partial charge in [-0.1, -0.05) is 43.6 Å². The van der Waals surface area contributed by atoms with Gasteiger partial charge in [-0.15, -0.1) is 11.3 Å². The van der Waals surface area contributed by atoms with Gasteiger partial charge in [-0.3, -0.25) is 10.1 Å². The Kier molecular flexibility index (Phi) is 6.37. The molecule has 1 N–H and O–H groups in total. The molecule has 0 unspecified atom stereocenters. The van der Waals surface area contributed by atoms with Crippen LogP contribution in [0, 0.1) is 13.8 Å². The fourth-order valence-corrected chi connectivity index (χ4v) is 4.09.